The Balaban J connectivity index is 0.000000711. The molecule has 1 saturated heterocycles. The molecular weight excluding hydrogens is 230 g/mol. The van der Waals surface area contributed by atoms with Gasteiger partial charge in [-0.3, -0.25) is 4.90 Å². The van der Waals surface area contributed by atoms with Crippen LogP contribution in [0.5, 0.6) is 0 Å². The summed E-state index contributed by atoms with van der Waals surface area (Å²) in [7, 11) is 0. The van der Waals surface area contributed by atoms with Crippen LogP contribution in [0.1, 0.15) is 75.7 Å². The molecule has 2 unspecified atom stereocenters. The van der Waals surface area contributed by atoms with Gasteiger partial charge in [-0.1, -0.05) is 55.4 Å². The Bertz CT molecular complexity index is 235. The van der Waals surface area contributed by atoms with Gasteiger partial charge >= 0.3 is 0 Å². The number of likely N-dealkylation sites (tertiary alicyclic amines) is 1. The maximum atomic E-state index is 2.71. The lowest BCUT2D eigenvalue weighted by molar-refractivity contribution is -0.0285. The zero-order valence-electron chi connectivity index (χ0n) is 15.2. The second-order valence-corrected chi connectivity index (χ2v) is 8.33. The van der Waals surface area contributed by atoms with Gasteiger partial charge in [0.05, 0.1) is 0 Å². The van der Waals surface area contributed by atoms with Crippen molar-refractivity contribution < 1.29 is 0 Å². The van der Waals surface area contributed by atoms with E-state index in [1.54, 1.807) is 0 Å². The van der Waals surface area contributed by atoms with Gasteiger partial charge in [-0.2, -0.15) is 0 Å². The molecule has 1 heterocycles. The SMILES string of the molecule is CC(C)C.CC(C)C1C(C)C(C)(C)CCN1C(C)C. The molecule has 0 spiro atoms. The van der Waals surface area contributed by atoms with Crippen molar-refractivity contribution in [2.24, 2.45) is 23.2 Å². The fraction of sp³-hybridized carbons (Fsp3) is 1.00. The van der Waals surface area contributed by atoms with E-state index in [9.17, 15) is 0 Å². The highest BCUT2D eigenvalue weighted by atomic mass is 15.2. The van der Waals surface area contributed by atoms with Crippen molar-refractivity contribution >= 4 is 0 Å². The van der Waals surface area contributed by atoms with Crippen LogP contribution in [0.4, 0.5) is 0 Å². The number of piperidine rings is 1. The van der Waals surface area contributed by atoms with Crippen molar-refractivity contribution in [3.8, 4) is 0 Å². The summed E-state index contributed by atoms with van der Waals surface area (Å²) in [6.45, 7) is 24.5. The van der Waals surface area contributed by atoms with Gasteiger partial charge in [-0.05, 0) is 50.0 Å². The molecule has 0 radical (unpaired) electrons. The molecule has 0 amide bonds. The van der Waals surface area contributed by atoms with Crippen LogP contribution in [0.2, 0.25) is 0 Å². The lowest BCUT2D eigenvalue weighted by Gasteiger charge is -2.52. The van der Waals surface area contributed by atoms with E-state index in [1.165, 1.54) is 13.0 Å². The molecule has 0 aromatic carbocycles. The monoisotopic (exact) mass is 269 g/mol. The third-order valence-corrected chi connectivity index (χ3v) is 4.49. The van der Waals surface area contributed by atoms with Crippen LogP contribution >= 0.6 is 0 Å². The predicted octanol–water partition coefficient (Wildman–Crippen LogP) is 5.45. The van der Waals surface area contributed by atoms with Gasteiger partial charge in [0.15, 0.2) is 0 Å². The Kier molecular flexibility index (Phi) is 7.65. The van der Waals surface area contributed by atoms with E-state index in [2.05, 4.69) is 74.1 Å². The predicted molar refractivity (Wildman–Crippen MR) is 88.5 cm³/mol. The fourth-order valence-corrected chi connectivity index (χ4v) is 3.11. The molecule has 0 aromatic heterocycles. The third kappa shape index (κ3) is 5.85. The highest BCUT2D eigenvalue weighted by Gasteiger charge is 2.41. The highest BCUT2D eigenvalue weighted by molar-refractivity contribution is 4.94. The molecular formula is C18H39N. The summed E-state index contributed by atoms with van der Waals surface area (Å²) in [5, 5.41) is 0. The number of rotatable bonds is 2. The Morgan fingerprint density at radius 3 is 1.68 bits per heavy atom. The van der Waals surface area contributed by atoms with E-state index < -0.39 is 0 Å². The zero-order chi connectivity index (χ0) is 15.4. The first-order chi connectivity index (χ1) is 8.50. The molecule has 1 nitrogen and oxygen atoms in total. The normalized spacial score (nSPS) is 27.6. The van der Waals surface area contributed by atoms with Crippen LogP contribution in [-0.4, -0.2) is 23.5 Å². The topological polar surface area (TPSA) is 3.24 Å². The van der Waals surface area contributed by atoms with E-state index in [0.717, 1.165) is 23.8 Å². The molecule has 2 atom stereocenters. The maximum absolute atomic E-state index is 2.71. The molecule has 0 aromatic rings. The minimum atomic E-state index is 0.514. The van der Waals surface area contributed by atoms with Gasteiger partial charge in [0, 0.05) is 12.1 Å². The molecule has 1 aliphatic rings. The zero-order valence-corrected chi connectivity index (χ0v) is 15.2. The molecule has 116 valence electrons. The summed E-state index contributed by atoms with van der Waals surface area (Å²) in [4.78, 5) is 2.71. The summed E-state index contributed by atoms with van der Waals surface area (Å²) in [6.07, 6.45) is 1.34. The van der Waals surface area contributed by atoms with E-state index in [-0.39, 0.29) is 0 Å². The first kappa shape index (κ1) is 19.0. The lowest BCUT2D eigenvalue weighted by atomic mass is 9.67. The first-order valence-electron chi connectivity index (χ1n) is 8.26. The van der Waals surface area contributed by atoms with Crippen molar-refractivity contribution in [1.82, 2.24) is 4.90 Å². The standard InChI is InChI=1S/C14H29N.C4H10/c1-10(2)13-12(5)14(6,7)8-9-15(13)11(3)4;1-4(2)3/h10-13H,8-9H2,1-7H3;4H,1-3H3. The Hall–Kier alpha value is -0.0400. The lowest BCUT2D eigenvalue weighted by Crippen LogP contribution is -2.55. The van der Waals surface area contributed by atoms with Crippen LogP contribution in [0.3, 0.4) is 0 Å². The van der Waals surface area contributed by atoms with Crippen molar-refractivity contribution in [3.63, 3.8) is 0 Å². The number of hydrogen-bond acceptors (Lipinski definition) is 1. The average Bonchev–Trinajstić information content (AvgIpc) is 2.19. The maximum Gasteiger partial charge on any atom is 0.0152 e. The van der Waals surface area contributed by atoms with Crippen LogP contribution in [-0.2, 0) is 0 Å². The van der Waals surface area contributed by atoms with E-state index in [1.807, 2.05) is 0 Å². The van der Waals surface area contributed by atoms with Gasteiger partial charge in [0.25, 0.3) is 0 Å². The summed E-state index contributed by atoms with van der Waals surface area (Å²) in [5.74, 6) is 2.40. The first-order valence-corrected chi connectivity index (χ1v) is 8.26. The smallest absolute Gasteiger partial charge is 0.0152 e. The molecule has 1 heteroatoms. The van der Waals surface area contributed by atoms with E-state index in [0.29, 0.717) is 11.5 Å². The molecule has 0 saturated carbocycles. The average molecular weight is 270 g/mol. The third-order valence-electron chi connectivity index (χ3n) is 4.49. The number of hydrogen-bond donors (Lipinski definition) is 0. The largest absolute Gasteiger partial charge is 0.297 e. The van der Waals surface area contributed by atoms with Crippen molar-refractivity contribution in [3.05, 3.63) is 0 Å². The van der Waals surface area contributed by atoms with Crippen molar-refractivity contribution in [1.29, 1.82) is 0 Å². The summed E-state index contributed by atoms with van der Waals surface area (Å²) >= 11 is 0. The molecule has 1 rings (SSSR count). The van der Waals surface area contributed by atoms with Crippen molar-refractivity contribution in [2.45, 2.75) is 87.7 Å². The van der Waals surface area contributed by atoms with E-state index in [4.69, 9.17) is 0 Å². The molecule has 0 N–H and O–H groups in total. The molecule has 19 heavy (non-hydrogen) atoms. The van der Waals surface area contributed by atoms with Gasteiger partial charge in [0.1, 0.15) is 0 Å². The number of nitrogens with zero attached hydrogens (tertiary/aromatic N) is 1. The van der Waals surface area contributed by atoms with Gasteiger partial charge < -0.3 is 0 Å². The van der Waals surface area contributed by atoms with Crippen LogP contribution < -0.4 is 0 Å². The van der Waals surface area contributed by atoms with Gasteiger partial charge in [-0.25, -0.2) is 0 Å². The highest BCUT2D eigenvalue weighted by Crippen LogP contribution is 2.42. The minimum Gasteiger partial charge on any atom is -0.297 e. The molecule has 1 fully saturated rings. The second kappa shape index (κ2) is 7.67. The van der Waals surface area contributed by atoms with Crippen LogP contribution in [0.25, 0.3) is 0 Å². The second-order valence-electron chi connectivity index (χ2n) is 8.33. The Morgan fingerprint density at radius 1 is 0.947 bits per heavy atom. The van der Waals surface area contributed by atoms with Crippen LogP contribution in [0.15, 0.2) is 0 Å². The van der Waals surface area contributed by atoms with Crippen molar-refractivity contribution in [2.75, 3.05) is 6.54 Å². The van der Waals surface area contributed by atoms with E-state index >= 15 is 0 Å². The Morgan fingerprint density at radius 2 is 1.37 bits per heavy atom. The molecule has 1 aliphatic heterocycles. The van der Waals surface area contributed by atoms with Gasteiger partial charge in [0.2, 0.25) is 0 Å². The van der Waals surface area contributed by atoms with Crippen LogP contribution in [0, 0.1) is 23.2 Å². The quantitative estimate of drug-likeness (QED) is 0.644. The summed E-state index contributed by atoms with van der Waals surface area (Å²) < 4.78 is 0. The summed E-state index contributed by atoms with van der Waals surface area (Å²) in [6, 6.07) is 1.45. The van der Waals surface area contributed by atoms with Gasteiger partial charge in [-0.15, -0.1) is 0 Å². The minimum absolute atomic E-state index is 0.514. The fourth-order valence-electron chi connectivity index (χ4n) is 3.11. The molecule has 0 aliphatic carbocycles. The Labute approximate surface area is 123 Å². The summed E-state index contributed by atoms with van der Waals surface area (Å²) in [5.41, 5.74) is 0.514. The molecule has 0 bridgehead atoms.